The molecule has 0 saturated heterocycles. The van der Waals surface area contributed by atoms with E-state index in [0.29, 0.717) is 6.54 Å². The van der Waals surface area contributed by atoms with Gasteiger partial charge in [0.05, 0.1) is 17.9 Å². The van der Waals surface area contributed by atoms with Crippen LogP contribution in [0.15, 0.2) is 24.5 Å². The van der Waals surface area contributed by atoms with E-state index in [-0.39, 0.29) is 0 Å². The van der Waals surface area contributed by atoms with Crippen LogP contribution in [0.4, 0.5) is 0 Å². The zero-order valence-corrected chi connectivity index (χ0v) is 10.7. The SMILES string of the molecule is Cc1ccnc(Cn2cc(CCCCN)nn2)c1. The van der Waals surface area contributed by atoms with Crippen LogP contribution in [0.5, 0.6) is 0 Å². The molecule has 2 rings (SSSR count). The number of rotatable bonds is 6. The van der Waals surface area contributed by atoms with E-state index in [0.717, 1.165) is 37.2 Å². The zero-order valence-electron chi connectivity index (χ0n) is 10.7. The van der Waals surface area contributed by atoms with Crippen molar-refractivity contribution < 1.29 is 0 Å². The highest BCUT2D eigenvalue weighted by Gasteiger charge is 2.02. The predicted octanol–water partition coefficient (Wildman–Crippen LogP) is 1.31. The number of aromatic nitrogens is 4. The summed E-state index contributed by atoms with van der Waals surface area (Å²) in [4.78, 5) is 4.31. The monoisotopic (exact) mass is 245 g/mol. The van der Waals surface area contributed by atoms with Crippen molar-refractivity contribution >= 4 is 0 Å². The molecule has 2 aromatic heterocycles. The molecule has 0 spiro atoms. The van der Waals surface area contributed by atoms with E-state index in [1.54, 1.807) is 0 Å². The number of hydrogen-bond acceptors (Lipinski definition) is 4. The average molecular weight is 245 g/mol. The number of pyridine rings is 1. The summed E-state index contributed by atoms with van der Waals surface area (Å²) in [6, 6.07) is 4.05. The first-order valence-corrected chi connectivity index (χ1v) is 6.28. The van der Waals surface area contributed by atoms with Crippen molar-refractivity contribution in [1.29, 1.82) is 0 Å². The van der Waals surface area contributed by atoms with Gasteiger partial charge in [-0.05, 0) is 50.4 Å². The average Bonchev–Trinajstić information content (AvgIpc) is 2.77. The van der Waals surface area contributed by atoms with E-state index < -0.39 is 0 Å². The number of unbranched alkanes of at least 4 members (excludes halogenated alkanes) is 1. The Morgan fingerprint density at radius 1 is 1.28 bits per heavy atom. The van der Waals surface area contributed by atoms with Gasteiger partial charge in [-0.3, -0.25) is 4.98 Å². The second-order valence-electron chi connectivity index (χ2n) is 4.48. The molecule has 0 radical (unpaired) electrons. The number of nitrogens with zero attached hydrogens (tertiary/aromatic N) is 4. The fourth-order valence-corrected chi connectivity index (χ4v) is 1.83. The summed E-state index contributed by atoms with van der Waals surface area (Å²) in [5.74, 6) is 0. The van der Waals surface area contributed by atoms with E-state index in [4.69, 9.17) is 5.73 Å². The maximum atomic E-state index is 5.46. The topological polar surface area (TPSA) is 69.6 Å². The molecule has 0 aromatic carbocycles. The molecule has 18 heavy (non-hydrogen) atoms. The lowest BCUT2D eigenvalue weighted by Gasteiger charge is -2.00. The quantitative estimate of drug-likeness (QED) is 0.779. The number of nitrogens with two attached hydrogens (primary N) is 1. The third-order valence-electron chi connectivity index (χ3n) is 2.77. The van der Waals surface area contributed by atoms with E-state index in [9.17, 15) is 0 Å². The van der Waals surface area contributed by atoms with Gasteiger partial charge >= 0.3 is 0 Å². The van der Waals surface area contributed by atoms with Crippen molar-refractivity contribution in [3.63, 3.8) is 0 Å². The van der Waals surface area contributed by atoms with Crippen LogP contribution in [0.2, 0.25) is 0 Å². The Bertz CT molecular complexity index is 492. The molecule has 0 aliphatic carbocycles. The highest BCUT2D eigenvalue weighted by atomic mass is 15.4. The highest BCUT2D eigenvalue weighted by molar-refractivity contribution is 5.14. The zero-order chi connectivity index (χ0) is 12.8. The van der Waals surface area contributed by atoms with Crippen molar-refractivity contribution in [2.75, 3.05) is 6.54 Å². The summed E-state index contributed by atoms with van der Waals surface area (Å²) in [5, 5.41) is 8.27. The Hall–Kier alpha value is -1.75. The fourth-order valence-electron chi connectivity index (χ4n) is 1.83. The molecular weight excluding hydrogens is 226 g/mol. The minimum atomic E-state index is 0.672. The highest BCUT2D eigenvalue weighted by Crippen LogP contribution is 2.04. The van der Waals surface area contributed by atoms with Gasteiger partial charge in [-0.15, -0.1) is 5.10 Å². The van der Waals surface area contributed by atoms with E-state index in [1.165, 1.54) is 5.56 Å². The van der Waals surface area contributed by atoms with Crippen molar-refractivity contribution in [2.24, 2.45) is 5.73 Å². The van der Waals surface area contributed by atoms with Gasteiger partial charge in [0.2, 0.25) is 0 Å². The summed E-state index contributed by atoms with van der Waals surface area (Å²) in [5.41, 5.74) is 8.71. The Morgan fingerprint density at radius 3 is 2.94 bits per heavy atom. The van der Waals surface area contributed by atoms with Gasteiger partial charge in [0, 0.05) is 12.4 Å². The van der Waals surface area contributed by atoms with Crippen molar-refractivity contribution in [2.45, 2.75) is 32.7 Å². The Kier molecular flexibility index (Phi) is 4.41. The number of aryl methyl sites for hydroxylation is 2. The minimum absolute atomic E-state index is 0.672. The van der Waals surface area contributed by atoms with Crippen LogP contribution in [-0.4, -0.2) is 26.5 Å². The lowest BCUT2D eigenvalue weighted by molar-refractivity contribution is 0.637. The van der Waals surface area contributed by atoms with Gasteiger partial charge in [0.25, 0.3) is 0 Å². The van der Waals surface area contributed by atoms with Gasteiger partial charge in [0.15, 0.2) is 0 Å². The van der Waals surface area contributed by atoms with Crippen molar-refractivity contribution in [3.8, 4) is 0 Å². The summed E-state index contributed by atoms with van der Waals surface area (Å²) >= 11 is 0. The van der Waals surface area contributed by atoms with Crippen LogP contribution < -0.4 is 5.73 Å². The lowest BCUT2D eigenvalue weighted by atomic mass is 10.2. The molecule has 2 N–H and O–H groups in total. The van der Waals surface area contributed by atoms with Crippen LogP contribution in [-0.2, 0) is 13.0 Å². The third kappa shape index (κ3) is 3.63. The third-order valence-corrected chi connectivity index (χ3v) is 2.77. The molecule has 0 unspecified atom stereocenters. The molecule has 0 saturated carbocycles. The maximum Gasteiger partial charge on any atom is 0.0849 e. The van der Waals surface area contributed by atoms with Crippen LogP contribution in [0.3, 0.4) is 0 Å². The molecule has 0 atom stereocenters. The lowest BCUT2D eigenvalue weighted by Crippen LogP contribution is -2.02. The first kappa shape index (κ1) is 12.7. The molecular formula is C13H19N5. The summed E-state index contributed by atoms with van der Waals surface area (Å²) < 4.78 is 1.83. The number of hydrogen-bond donors (Lipinski definition) is 1. The van der Waals surface area contributed by atoms with Gasteiger partial charge in [-0.2, -0.15) is 0 Å². The molecule has 0 aliphatic heterocycles. The Morgan fingerprint density at radius 2 is 2.17 bits per heavy atom. The van der Waals surface area contributed by atoms with Crippen LogP contribution in [0.1, 0.15) is 29.8 Å². The molecule has 5 heteroatoms. The Balaban J connectivity index is 1.94. The first-order chi connectivity index (χ1) is 8.78. The largest absolute Gasteiger partial charge is 0.330 e. The summed E-state index contributed by atoms with van der Waals surface area (Å²) in [6.45, 7) is 3.47. The maximum absolute atomic E-state index is 5.46. The van der Waals surface area contributed by atoms with Gasteiger partial charge in [-0.25, -0.2) is 4.68 Å². The van der Waals surface area contributed by atoms with E-state index >= 15 is 0 Å². The molecule has 0 bridgehead atoms. The second-order valence-corrected chi connectivity index (χ2v) is 4.48. The van der Waals surface area contributed by atoms with E-state index in [1.807, 2.05) is 23.1 Å². The summed E-state index contributed by atoms with van der Waals surface area (Å²) in [7, 11) is 0. The van der Waals surface area contributed by atoms with E-state index in [2.05, 4.69) is 28.3 Å². The van der Waals surface area contributed by atoms with Crippen LogP contribution in [0.25, 0.3) is 0 Å². The standard InChI is InChI=1S/C13H19N5/c1-11-5-7-15-13(8-11)10-18-9-12(16-17-18)4-2-3-6-14/h5,7-9H,2-4,6,10,14H2,1H3. The fraction of sp³-hybridized carbons (Fsp3) is 0.462. The normalized spacial score (nSPS) is 10.8. The smallest absolute Gasteiger partial charge is 0.0849 e. The molecule has 5 nitrogen and oxygen atoms in total. The van der Waals surface area contributed by atoms with Gasteiger partial charge < -0.3 is 5.73 Å². The second kappa shape index (κ2) is 6.26. The first-order valence-electron chi connectivity index (χ1n) is 6.28. The minimum Gasteiger partial charge on any atom is -0.330 e. The molecule has 0 fully saturated rings. The van der Waals surface area contributed by atoms with Crippen molar-refractivity contribution in [1.82, 2.24) is 20.0 Å². The van der Waals surface area contributed by atoms with Gasteiger partial charge in [-0.1, -0.05) is 5.21 Å². The van der Waals surface area contributed by atoms with Gasteiger partial charge in [0.1, 0.15) is 0 Å². The molecule has 2 heterocycles. The van der Waals surface area contributed by atoms with Crippen molar-refractivity contribution in [3.05, 3.63) is 41.5 Å². The predicted molar refractivity (Wildman–Crippen MR) is 70.1 cm³/mol. The molecule has 2 aromatic rings. The summed E-state index contributed by atoms with van der Waals surface area (Å²) in [6.07, 6.45) is 6.85. The van der Waals surface area contributed by atoms with Crippen LogP contribution in [0, 0.1) is 6.92 Å². The van der Waals surface area contributed by atoms with Crippen LogP contribution >= 0.6 is 0 Å². The molecule has 96 valence electrons. The molecule has 0 amide bonds. The Labute approximate surface area is 107 Å². The molecule has 0 aliphatic rings.